The first-order chi connectivity index (χ1) is 13.8. The highest BCUT2D eigenvalue weighted by Gasteiger charge is 2.36. The van der Waals surface area contributed by atoms with Gasteiger partial charge in [-0.05, 0) is 23.3 Å². The Balaban J connectivity index is 1.82. The molecule has 5 rings (SSSR count). The number of aromatic nitrogens is 3. The topological polar surface area (TPSA) is 101 Å². The van der Waals surface area contributed by atoms with Gasteiger partial charge in [0.15, 0.2) is 0 Å². The standard InChI is InChI=1S/C22H15N5O/c23-12-16-18(15-10-11-25-17-9-5-4-8-14(15)17)19-20(13-6-2-1-3-7-13)26-27-22(19)28-21(16)24/h1-11,18H,24H2,(H,26,27). The Morgan fingerprint density at radius 3 is 2.64 bits per heavy atom. The average Bonchev–Trinajstić information content (AvgIpc) is 3.16. The van der Waals surface area contributed by atoms with Crippen molar-refractivity contribution in [1.29, 1.82) is 5.26 Å². The van der Waals surface area contributed by atoms with Gasteiger partial charge in [0.2, 0.25) is 11.8 Å². The predicted molar refractivity (Wildman–Crippen MR) is 105 cm³/mol. The third kappa shape index (κ3) is 2.34. The first-order valence-corrected chi connectivity index (χ1v) is 8.83. The number of ether oxygens (including phenoxy) is 1. The SMILES string of the molecule is N#CC1=C(N)Oc2n[nH]c(-c3ccccc3)c2C1c1ccnc2ccccc12. The van der Waals surface area contributed by atoms with Crippen LogP contribution in [0, 0.1) is 11.3 Å². The Hall–Kier alpha value is -4.11. The van der Waals surface area contributed by atoms with Crippen LogP contribution in [0.3, 0.4) is 0 Å². The maximum atomic E-state index is 9.88. The Morgan fingerprint density at radius 1 is 1.04 bits per heavy atom. The van der Waals surface area contributed by atoms with Gasteiger partial charge in [-0.15, -0.1) is 5.10 Å². The van der Waals surface area contributed by atoms with Gasteiger partial charge in [0.05, 0.1) is 22.7 Å². The molecule has 3 N–H and O–H groups in total. The van der Waals surface area contributed by atoms with Crippen LogP contribution in [-0.2, 0) is 0 Å². The summed E-state index contributed by atoms with van der Waals surface area (Å²) >= 11 is 0. The number of rotatable bonds is 2. The van der Waals surface area contributed by atoms with Gasteiger partial charge in [-0.1, -0.05) is 48.5 Å². The van der Waals surface area contributed by atoms with Crippen molar-refractivity contribution in [2.45, 2.75) is 5.92 Å². The Morgan fingerprint density at radius 2 is 1.82 bits per heavy atom. The van der Waals surface area contributed by atoms with Crippen LogP contribution in [0.5, 0.6) is 5.88 Å². The van der Waals surface area contributed by atoms with Crippen molar-refractivity contribution in [3.63, 3.8) is 0 Å². The summed E-state index contributed by atoms with van der Waals surface area (Å²) in [6.45, 7) is 0. The zero-order valence-corrected chi connectivity index (χ0v) is 14.8. The summed E-state index contributed by atoms with van der Waals surface area (Å²) in [6, 6.07) is 21.9. The second kappa shape index (κ2) is 6.25. The molecule has 134 valence electrons. The smallest absolute Gasteiger partial charge is 0.244 e. The van der Waals surface area contributed by atoms with Crippen molar-refractivity contribution in [3.8, 4) is 23.2 Å². The summed E-state index contributed by atoms with van der Waals surface area (Å²) < 4.78 is 5.68. The fourth-order valence-electron chi connectivity index (χ4n) is 3.75. The Kier molecular flexibility index (Phi) is 3.59. The number of pyridine rings is 1. The van der Waals surface area contributed by atoms with E-state index >= 15 is 0 Å². The molecule has 28 heavy (non-hydrogen) atoms. The molecule has 2 aromatic carbocycles. The third-order valence-electron chi connectivity index (χ3n) is 5.00. The largest absolute Gasteiger partial charge is 0.420 e. The van der Waals surface area contributed by atoms with E-state index in [4.69, 9.17) is 10.5 Å². The molecule has 1 aliphatic rings. The van der Waals surface area contributed by atoms with E-state index in [1.54, 1.807) is 6.20 Å². The van der Waals surface area contributed by atoms with Crippen molar-refractivity contribution in [2.75, 3.05) is 0 Å². The number of hydrogen-bond donors (Lipinski definition) is 2. The normalized spacial score (nSPS) is 15.8. The Labute approximate surface area is 160 Å². The number of para-hydroxylation sites is 1. The molecule has 0 amide bonds. The lowest BCUT2D eigenvalue weighted by atomic mass is 9.82. The quantitative estimate of drug-likeness (QED) is 0.562. The van der Waals surface area contributed by atoms with E-state index in [0.717, 1.165) is 33.3 Å². The molecule has 0 bridgehead atoms. The molecule has 0 fully saturated rings. The highest BCUT2D eigenvalue weighted by molar-refractivity contribution is 5.85. The maximum Gasteiger partial charge on any atom is 0.244 e. The van der Waals surface area contributed by atoms with Crippen LogP contribution >= 0.6 is 0 Å². The molecule has 1 aliphatic heterocycles. The van der Waals surface area contributed by atoms with Gasteiger partial charge in [-0.3, -0.25) is 10.1 Å². The van der Waals surface area contributed by atoms with Crippen LogP contribution in [0.25, 0.3) is 22.2 Å². The number of H-pyrrole nitrogens is 1. The number of nitrogens with one attached hydrogen (secondary N) is 1. The van der Waals surface area contributed by atoms with Crippen LogP contribution in [0.4, 0.5) is 0 Å². The molecule has 2 aromatic heterocycles. The molecule has 6 nitrogen and oxygen atoms in total. The van der Waals surface area contributed by atoms with Crippen molar-refractivity contribution >= 4 is 10.9 Å². The second-order valence-electron chi connectivity index (χ2n) is 6.53. The van der Waals surface area contributed by atoms with E-state index in [-0.39, 0.29) is 5.88 Å². The lowest BCUT2D eigenvalue weighted by Gasteiger charge is -2.25. The van der Waals surface area contributed by atoms with E-state index < -0.39 is 5.92 Å². The van der Waals surface area contributed by atoms with Crippen LogP contribution in [0.2, 0.25) is 0 Å². The minimum Gasteiger partial charge on any atom is -0.420 e. The zero-order chi connectivity index (χ0) is 19.1. The lowest BCUT2D eigenvalue weighted by molar-refractivity contribution is 0.379. The predicted octanol–water partition coefficient (Wildman–Crippen LogP) is 3.84. The summed E-state index contributed by atoms with van der Waals surface area (Å²) in [7, 11) is 0. The summed E-state index contributed by atoms with van der Waals surface area (Å²) in [6.07, 6.45) is 1.75. The van der Waals surface area contributed by atoms with E-state index in [1.807, 2.05) is 60.7 Å². The fourth-order valence-corrected chi connectivity index (χ4v) is 3.75. The number of aromatic amines is 1. The van der Waals surface area contributed by atoms with Crippen LogP contribution < -0.4 is 10.5 Å². The number of nitrogens with zero attached hydrogens (tertiary/aromatic N) is 3. The van der Waals surface area contributed by atoms with Gasteiger partial charge in [0, 0.05) is 11.6 Å². The van der Waals surface area contributed by atoms with Gasteiger partial charge >= 0.3 is 0 Å². The minimum atomic E-state index is -0.407. The van der Waals surface area contributed by atoms with Crippen LogP contribution in [0.1, 0.15) is 17.0 Å². The van der Waals surface area contributed by atoms with Gasteiger partial charge < -0.3 is 10.5 Å². The number of benzene rings is 2. The summed E-state index contributed by atoms with van der Waals surface area (Å²) in [5, 5.41) is 18.2. The zero-order valence-electron chi connectivity index (χ0n) is 14.8. The van der Waals surface area contributed by atoms with E-state index in [9.17, 15) is 5.26 Å². The minimum absolute atomic E-state index is 0.0759. The van der Waals surface area contributed by atoms with Crippen molar-refractivity contribution in [3.05, 3.63) is 89.4 Å². The number of nitriles is 1. The highest BCUT2D eigenvalue weighted by Crippen LogP contribution is 2.46. The molecule has 6 heteroatoms. The molecule has 3 heterocycles. The molecule has 1 unspecified atom stereocenters. The summed E-state index contributed by atoms with van der Waals surface area (Å²) in [5.41, 5.74) is 10.8. The summed E-state index contributed by atoms with van der Waals surface area (Å²) in [5.74, 6) is 0.0591. The van der Waals surface area contributed by atoms with Gasteiger partial charge in [-0.25, -0.2) is 0 Å². The van der Waals surface area contributed by atoms with Gasteiger partial charge in [0.1, 0.15) is 11.6 Å². The molecule has 4 aromatic rings. The van der Waals surface area contributed by atoms with Crippen LogP contribution in [-0.4, -0.2) is 15.2 Å². The number of fused-ring (bicyclic) bond motifs is 2. The Bertz CT molecular complexity index is 1260. The molecule has 0 radical (unpaired) electrons. The lowest BCUT2D eigenvalue weighted by Crippen LogP contribution is -2.21. The van der Waals surface area contributed by atoms with Crippen molar-refractivity contribution < 1.29 is 4.74 Å². The average molecular weight is 365 g/mol. The molecule has 0 saturated carbocycles. The molecule has 0 spiro atoms. The van der Waals surface area contributed by atoms with E-state index in [1.165, 1.54) is 0 Å². The van der Waals surface area contributed by atoms with Crippen molar-refractivity contribution in [1.82, 2.24) is 15.2 Å². The third-order valence-corrected chi connectivity index (χ3v) is 5.00. The maximum absolute atomic E-state index is 9.88. The first-order valence-electron chi connectivity index (χ1n) is 8.83. The van der Waals surface area contributed by atoms with Crippen LogP contribution in [0.15, 0.2) is 78.3 Å². The fraction of sp³-hybridized carbons (Fsp3) is 0.0455. The summed E-state index contributed by atoms with van der Waals surface area (Å²) in [4.78, 5) is 4.45. The first kappa shape index (κ1) is 16.1. The second-order valence-corrected chi connectivity index (χ2v) is 6.53. The molecular formula is C22H15N5O. The monoisotopic (exact) mass is 365 g/mol. The molecule has 0 saturated heterocycles. The van der Waals surface area contributed by atoms with Gasteiger partial charge in [0.25, 0.3) is 0 Å². The molecule has 0 aliphatic carbocycles. The number of allylic oxidation sites excluding steroid dienone is 1. The number of nitrogens with two attached hydrogens (primary N) is 1. The highest BCUT2D eigenvalue weighted by atomic mass is 16.5. The molecular weight excluding hydrogens is 350 g/mol. The van der Waals surface area contributed by atoms with E-state index in [2.05, 4.69) is 21.3 Å². The number of hydrogen-bond acceptors (Lipinski definition) is 5. The van der Waals surface area contributed by atoms with E-state index in [0.29, 0.717) is 11.5 Å². The van der Waals surface area contributed by atoms with Gasteiger partial charge in [-0.2, -0.15) is 5.26 Å². The van der Waals surface area contributed by atoms with Crippen molar-refractivity contribution in [2.24, 2.45) is 5.73 Å². The molecule has 1 atom stereocenters.